The van der Waals surface area contributed by atoms with Crippen molar-refractivity contribution in [3.63, 3.8) is 0 Å². The van der Waals surface area contributed by atoms with Crippen molar-refractivity contribution in [2.24, 2.45) is 11.3 Å². The second-order valence-corrected chi connectivity index (χ2v) is 7.54. The molecule has 2 atom stereocenters. The summed E-state index contributed by atoms with van der Waals surface area (Å²) < 4.78 is 1.88. The Kier molecular flexibility index (Phi) is 5.81. The number of nitrogens with zero attached hydrogens (tertiary/aromatic N) is 2. The second kappa shape index (κ2) is 7.45. The Bertz CT molecular complexity index is 518. The van der Waals surface area contributed by atoms with Crippen molar-refractivity contribution in [2.75, 3.05) is 19.6 Å². The number of aliphatic hydroxyl groups is 1. The predicted octanol–water partition coefficient (Wildman–Crippen LogP) is 1.58. The Morgan fingerprint density at radius 1 is 1.57 bits per heavy atom. The number of rotatable bonds is 6. The van der Waals surface area contributed by atoms with E-state index in [4.69, 9.17) is 0 Å². The van der Waals surface area contributed by atoms with E-state index in [-0.39, 0.29) is 17.2 Å². The molecule has 130 valence electrons. The molecule has 6 heteroatoms. The van der Waals surface area contributed by atoms with Gasteiger partial charge in [0.05, 0.1) is 12.1 Å². The molecule has 6 nitrogen and oxygen atoms in total. The summed E-state index contributed by atoms with van der Waals surface area (Å²) in [6, 6.07) is 2.08. The van der Waals surface area contributed by atoms with E-state index in [1.807, 2.05) is 38.6 Å². The van der Waals surface area contributed by atoms with Crippen molar-refractivity contribution in [3.05, 3.63) is 18.0 Å². The summed E-state index contributed by atoms with van der Waals surface area (Å²) in [5, 5.41) is 20.9. The van der Waals surface area contributed by atoms with Crippen LogP contribution in [0.1, 0.15) is 57.1 Å². The minimum absolute atomic E-state index is 0.153. The lowest BCUT2D eigenvalue weighted by Crippen LogP contribution is -2.43. The van der Waals surface area contributed by atoms with E-state index in [2.05, 4.69) is 15.7 Å². The smallest absolute Gasteiger partial charge is 0.271 e. The zero-order chi connectivity index (χ0) is 17.0. The topological polar surface area (TPSA) is 79.2 Å². The van der Waals surface area contributed by atoms with Gasteiger partial charge in [0.25, 0.3) is 5.91 Å². The molecule has 1 amide bonds. The Balaban J connectivity index is 1.92. The van der Waals surface area contributed by atoms with E-state index in [0.717, 1.165) is 25.9 Å². The molecule has 0 bridgehead atoms. The number of hydrogen-bond acceptors (Lipinski definition) is 4. The fraction of sp³-hybridized carbons (Fsp3) is 0.765. The van der Waals surface area contributed by atoms with Gasteiger partial charge in [-0.1, -0.05) is 27.7 Å². The highest BCUT2D eigenvalue weighted by Crippen LogP contribution is 2.25. The largest absolute Gasteiger partial charge is 0.392 e. The van der Waals surface area contributed by atoms with Gasteiger partial charge in [-0.25, -0.2) is 0 Å². The molecule has 1 aliphatic rings. The third-order valence-corrected chi connectivity index (χ3v) is 4.62. The number of aliphatic hydroxyl groups excluding tert-OH is 1. The van der Waals surface area contributed by atoms with Crippen molar-refractivity contribution in [1.82, 2.24) is 20.4 Å². The van der Waals surface area contributed by atoms with Gasteiger partial charge in [0.15, 0.2) is 0 Å². The first-order valence-corrected chi connectivity index (χ1v) is 8.53. The highest BCUT2D eigenvalue weighted by atomic mass is 16.3. The van der Waals surface area contributed by atoms with E-state index in [0.29, 0.717) is 18.3 Å². The quantitative estimate of drug-likeness (QED) is 0.743. The predicted molar refractivity (Wildman–Crippen MR) is 90.3 cm³/mol. The van der Waals surface area contributed by atoms with Gasteiger partial charge in [-0.2, -0.15) is 5.10 Å². The molecule has 0 aromatic carbocycles. The number of nitrogens with one attached hydrogen (secondary N) is 2. The van der Waals surface area contributed by atoms with E-state index < -0.39 is 6.10 Å². The molecular weight excluding hydrogens is 292 g/mol. The number of hydrogen-bond donors (Lipinski definition) is 3. The summed E-state index contributed by atoms with van der Waals surface area (Å²) in [6.45, 7) is 10.3. The Morgan fingerprint density at radius 2 is 2.30 bits per heavy atom. The molecule has 2 rings (SSSR count). The molecular formula is C17H30N4O2. The van der Waals surface area contributed by atoms with Crippen LogP contribution in [-0.4, -0.2) is 46.5 Å². The van der Waals surface area contributed by atoms with E-state index in [1.54, 1.807) is 6.07 Å². The van der Waals surface area contributed by atoms with Crippen LogP contribution >= 0.6 is 0 Å². The molecule has 23 heavy (non-hydrogen) atoms. The standard InChI is InChI=1S/C17H30N4O2/c1-12(2)15(22)17(3,4)11-19-16(23)14-7-9-21(20-14)13-6-5-8-18-10-13/h7,9,12-13,15,18,22H,5-6,8,10-11H2,1-4H3,(H,19,23). The van der Waals surface area contributed by atoms with Crippen LogP contribution < -0.4 is 10.6 Å². The first-order chi connectivity index (χ1) is 10.8. The summed E-state index contributed by atoms with van der Waals surface area (Å²) in [6.07, 6.45) is 3.63. The monoisotopic (exact) mass is 322 g/mol. The summed E-state index contributed by atoms with van der Waals surface area (Å²) in [4.78, 5) is 12.3. The van der Waals surface area contributed by atoms with Crippen molar-refractivity contribution >= 4 is 5.91 Å². The average Bonchev–Trinajstić information content (AvgIpc) is 3.02. The van der Waals surface area contributed by atoms with Crippen LogP contribution in [0.15, 0.2) is 12.3 Å². The van der Waals surface area contributed by atoms with Gasteiger partial charge in [0, 0.05) is 24.7 Å². The number of amides is 1. The van der Waals surface area contributed by atoms with E-state index >= 15 is 0 Å². The van der Waals surface area contributed by atoms with Gasteiger partial charge >= 0.3 is 0 Å². The minimum atomic E-state index is -0.464. The Morgan fingerprint density at radius 3 is 2.91 bits per heavy atom. The molecule has 0 radical (unpaired) electrons. The van der Waals surface area contributed by atoms with Gasteiger partial charge in [-0.15, -0.1) is 0 Å². The molecule has 3 N–H and O–H groups in total. The maximum Gasteiger partial charge on any atom is 0.271 e. The zero-order valence-corrected chi connectivity index (χ0v) is 14.7. The number of piperidine rings is 1. The normalized spacial score (nSPS) is 20.5. The van der Waals surface area contributed by atoms with Crippen LogP contribution in [0.3, 0.4) is 0 Å². The molecule has 0 saturated carbocycles. The Labute approximate surface area is 138 Å². The van der Waals surface area contributed by atoms with Crippen LogP contribution in [-0.2, 0) is 0 Å². The summed E-state index contributed by atoms with van der Waals surface area (Å²) in [5.41, 5.74) is 0.0602. The Hall–Kier alpha value is -1.40. The van der Waals surface area contributed by atoms with E-state index in [9.17, 15) is 9.90 Å². The maximum atomic E-state index is 12.3. The molecule has 1 aliphatic heterocycles. The fourth-order valence-electron chi connectivity index (χ4n) is 3.13. The molecule has 2 heterocycles. The third kappa shape index (κ3) is 4.54. The van der Waals surface area contributed by atoms with Gasteiger partial charge < -0.3 is 15.7 Å². The lowest BCUT2D eigenvalue weighted by molar-refractivity contribution is 0.0138. The molecule has 1 saturated heterocycles. The molecule has 0 aliphatic carbocycles. The van der Waals surface area contributed by atoms with Gasteiger partial charge in [-0.3, -0.25) is 9.48 Å². The molecule has 1 aromatic heterocycles. The highest BCUT2D eigenvalue weighted by Gasteiger charge is 2.31. The van der Waals surface area contributed by atoms with Crippen molar-refractivity contribution in [1.29, 1.82) is 0 Å². The van der Waals surface area contributed by atoms with Crippen LogP contribution in [0.4, 0.5) is 0 Å². The first-order valence-electron chi connectivity index (χ1n) is 8.53. The third-order valence-electron chi connectivity index (χ3n) is 4.62. The minimum Gasteiger partial charge on any atom is -0.392 e. The lowest BCUT2D eigenvalue weighted by atomic mass is 9.80. The first kappa shape index (κ1) is 17.9. The maximum absolute atomic E-state index is 12.3. The number of carbonyl (C=O) groups is 1. The van der Waals surface area contributed by atoms with Crippen molar-refractivity contribution in [3.8, 4) is 0 Å². The zero-order valence-electron chi connectivity index (χ0n) is 14.7. The molecule has 0 spiro atoms. The average molecular weight is 322 g/mol. The fourth-order valence-corrected chi connectivity index (χ4v) is 3.13. The number of carbonyl (C=O) groups excluding carboxylic acids is 1. The van der Waals surface area contributed by atoms with Crippen molar-refractivity contribution in [2.45, 2.75) is 52.7 Å². The highest BCUT2D eigenvalue weighted by molar-refractivity contribution is 5.92. The number of aromatic nitrogens is 2. The van der Waals surface area contributed by atoms with Gasteiger partial charge in [-0.05, 0) is 31.4 Å². The van der Waals surface area contributed by atoms with Gasteiger partial charge in [0.2, 0.25) is 0 Å². The van der Waals surface area contributed by atoms with Gasteiger partial charge in [0.1, 0.15) is 5.69 Å². The van der Waals surface area contributed by atoms with Crippen LogP contribution in [0, 0.1) is 11.3 Å². The lowest BCUT2D eigenvalue weighted by Gasteiger charge is -2.33. The summed E-state index contributed by atoms with van der Waals surface area (Å²) in [7, 11) is 0. The van der Waals surface area contributed by atoms with Crippen LogP contribution in [0.25, 0.3) is 0 Å². The SMILES string of the molecule is CC(C)C(O)C(C)(C)CNC(=O)c1ccn(C2CCCNC2)n1. The van der Waals surface area contributed by atoms with Crippen molar-refractivity contribution < 1.29 is 9.90 Å². The molecule has 2 unspecified atom stereocenters. The second-order valence-electron chi connectivity index (χ2n) is 7.54. The molecule has 1 aromatic rings. The summed E-state index contributed by atoms with van der Waals surface area (Å²) >= 11 is 0. The molecule has 1 fully saturated rings. The summed E-state index contributed by atoms with van der Waals surface area (Å²) in [5.74, 6) is -0.0311. The van der Waals surface area contributed by atoms with Crippen LogP contribution in [0.5, 0.6) is 0 Å². The van der Waals surface area contributed by atoms with Crippen LogP contribution in [0.2, 0.25) is 0 Å². The van der Waals surface area contributed by atoms with E-state index in [1.165, 1.54) is 0 Å².